The summed E-state index contributed by atoms with van der Waals surface area (Å²) in [6, 6.07) is 0. The molecule has 0 atom stereocenters. The van der Waals surface area contributed by atoms with Gasteiger partial charge in [-0.3, -0.25) is 0 Å². The van der Waals surface area contributed by atoms with E-state index in [4.69, 9.17) is 0 Å². The van der Waals surface area contributed by atoms with Crippen LogP contribution in [0.25, 0.3) is 0 Å². The van der Waals surface area contributed by atoms with Crippen LogP contribution >= 0.6 is 0 Å². The Hall–Kier alpha value is -0.860. The molecule has 0 aliphatic rings. The SMILES string of the molecule is Cc1[nH]nc(C(C)C)[nH+]1. The third-order valence-corrected chi connectivity index (χ3v) is 1.21. The number of aromatic amines is 2. The van der Waals surface area contributed by atoms with Gasteiger partial charge in [-0.05, 0) is 0 Å². The maximum absolute atomic E-state index is 4.03. The standard InChI is InChI=1S/C6H11N3/c1-4(2)6-7-5(3)8-9-6/h4H,1-3H3,(H,7,8,9)/p+1. The first kappa shape index (κ1) is 6.26. The van der Waals surface area contributed by atoms with Gasteiger partial charge in [0.15, 0.2) is 0 Å². The van der Waals surface area contributed by atoms with Crippen LogP contribution in [0.15, 0.2) is 0 Å². The predicted octanol–water partition coefficient (Wildman–Crippen LogP) is 0.656. The minimum Gasteiger partial charge on any atom is -0.246 e. The molecule has 0 saturated carbocycles. The quantitative estimate of drug-likeness (QED) is 0.590. The zero-order valence-corrected chi connectivity index (χ0v) is 6.02. The normalized spacial score (nSPS) is 10.7. The molecule has 3 heteroatoms. The highest BCUT2D eigenvalue weighted by molar-refractivity contribution is 4.80. The van der Waals surface area contributed by atoms with Crippen LogP contribution in [0.5, 0.6) is 0 Å². The Bertz CT molecular complexity index is 190. The molecule has 0 aliphatic heterocycles. The summed E-state index contributed by atoms with van der Waals surface area (Å²) in [6.45, 7) is 6.16. The number of aryl methyl sites for hydroxylation is 1. The number of hydrogen-bond acceptors (Lipinski definition) is 1. The van der Waals surface area contributed by atoms with E-state index in [0.717, 1.165) is 11.6 Å². The lowest BCUT2D eigenvalue weighted by molar-refractivity contribution is -0.401. The highest BCUT2D eigenvalue weighted by atomic mass is 15.2. The Kier molecular flexibility index (Phi) is 1.51. The third-order valence-electron chi connectivity index (χ3n) is 1.21. The zero-order chi connectivity index (χ0) is 6.85. The molecule has 0 amide bonds. The molecule has 0 bridgehead atoms. The van der Waals surface area contributed by atoms with Crippen molar-refractivity contribution in [3.05, 3.63) is 11.6 Å². The van der Waals surface area contributed by atoms with Gasteiger partial charge < -0.3 is 0 Å². The van der Waals surface area contributed by atoms with E-state index in [1.165, 1.54) is 0 Å². The van der Waals surface area contributed by atoms with Gasteiger partial charge in [-0.15, -0.1) is 5.10 Å². The first-order chi connectivity index (χ1) is 4.20. The average molecular weight is 126 g/mol. The van der Waals surface area contributed by atoms with Crippen LogP contribution in [0, 0.1) is 6.92 Å². The van der Waals surface area contributed by atoms with Gasteiger partial charge in [0.05, 0.1) is 0 Å². The summed E-state index contributed by atoms with van der Waals surface area (Å²) in [5.41, 5.74) is 0. The second kappa shape index (κ2) is 2.17. The van der Waals surface area contributed by atoms with E-state index in [2.05, 4.69) is 29.0 Å². The van der Waals surface area contributed by atoms with Gasteiger partial charge in [-0.25, -0.2) is 4.98 Å². The summed E-state index contributed by atoms with van der Waals surface area (Å²) in [5.74, 6) is 2.51. The molecule has 0 spiro atoms. The maximum Gasteiger partial charge on any atom is 0.277 e. The van der Waals surface area contributed by atoms with E-state index in [0.29, 0.717) is 5.92 Å². The molecule has 1 aromatic heterocycles. The largest absolute Gasteiger partial charge is 0.277 e. The van der Waals surface area contributed by atoms with Crippen molar-refractivity contribution in [2.45, 2.75) is 26.7 Å². The molecule has 3 nitrogen and oxygen atoms in total. The first-order valence-corrected chi connectivity index (χ1v) is 3.14. The number of rotatable bonds is 1. The fourth-order valence-electron chi connectivity index (χ4n) is 0.666. The smallest absolute Gasteiger partial charge is 0.246 e. The minimum absolute atomic E-state index is 0.481. The lowest BCUT2D eigenvalue weighted by atomic mass is 10.2. The molecule has 1 heterocycles. The van der Waals surface area contributed by atoms with Crippen LogP contribution in [-0.4, -0.2) is 10.2 Å². The van der Waals surface area contributed by atoms with Gasteiger partial charge in [0, 0.05) is 17.9 Å². The van der Waals surface area contributed by atoms with E-state index < -0.39 is 0 Å². The lowest BCUT2D eigenvalue weighted by Crippen LogP contribution is -2.10. The molecular weight excluding hydrogens is 114 g/mol. The number of aromatic nitrogens is 3. The molecule has 0 radical (unpaired) electrons. The van der Waals surface area contributed by atoms with E-state index in [9.17, 15) is 0 Å². The van der Waals surface area contributed by atoms with Gasteiger partial charge in [0.1, 0.15) is 0 Å². The summed E-state index contributed by atoms with van der Waals surface area (Å²) >= 11 is 0. The minimum atomic E-state index is 0.481. The molecule has 0 fully saturated rings. The van der Waals surface area contributed by atoms with Crippen LogP contribution in [0.1, 0.15) is 31.4 Å². The van der Waals surface area contributed by atoms with Crippen LogP contribution in [0.3, 0.4) is 0 Å². The summed E-state index contributed by atoms with van der Waals surface area (Å²) in [5, 5.41) is 6.88. The van der Waals surface area contributed by atoms with E-state index >= 15 is 0 Å². The lowest BCUT2D eigenvalue weighted by Gasteiger charge is -1.87. The Morgan fingerprint density at radius 2 is 2.22 bits per heavy atom. The fraction of sp³-hybridized carbons (Fsp3) is 0.667. The van der Waals surface area contributed by atoms with Gasteiger partial charge in [-0.2, -0.15) is 0 Å². The van der Waals surface area contributed by atoms with E-state index in [1.54, 1.807) is 0 Å². The highest BCUT2D eigenvalue weighted by Crippen LogP contribution is 2.02. The van der Waals surface area contributed by atoms with Crippen LogP contribution in [0.4, 0.5) is 0 Å². The topological polar surface area (TPSA) is 42.8 Å². The first-order valence-electron chi connectivity index (χ1n) is 3.14. The monoisotopic (exact) mass is 126 g/mol. The second-order valence-electron chi connectivity index (χ2n) is 2.51. The van der Waals surface area contributed by atoms with Crippen molar-refractivity contribution >= 4 is 0 Å². The molecule has 9 heavy (non-hydrogen) atoms. The Morgan fingerprint density at radius 3 is 2.44 bits per heavy atom. The molecule has 0 aliphatic carbocycles. The number of hydrogen-bond donors (Lipinski definition) is 1. The Balaban J connectivity index is 2.85. The van der Waals surface area contributed by atoms with Gasteiger partial charge in [0.25, 0.3) is 5.82 Å². The molecular formula is C6H12N3+. The second-order valence-corrected chi connectivity index (χ2v) is 2.51. The van der Waals surface area contributed by atoms with E-state index in [1.807, 2.05) is 6.92 Å². The van der Waals surface area contributed by atoms with E-state index in [-0.39, 0.29) is 0 Å². The van der Waals surface area contributed by atoms with Crippen LogP contribution < -0.4 is 4.98 Å². The number of H-pyrrole nitrogens is 2. The fourth-order valence-corrected chi connectivity index (χ4v) is 0.666. The van der Waals surface area contributed by atoms with Crippen molar-refractivity contribution in [3.63, 3.8) is 0 Å². The molecule has 1 aromatic rings. The zero-order valence-electron chi connectivity index (χ0n) is 6.02. The van der Waals surface area contributed by atoms with Crippen molar-refractivity contribution in [3.8, 4) is 0 Å². The van der Waals surface area contributed by atoms with Crippen LogP contribution in [0.2, 0.25) is 0 Å². The number of nitrogens with zero attached hydrogens (tertiary/aromatic N) is 1. The molecule has 50 valence electrons. The van der Waals surface area contributed by atoms with Gasteiger partial charge in [-0.1, -0.05) is 13.8 Å². The van der Waals surface area contributed by atoms with Crippen molar-refractivity contribution in [1.29, 1.82) is 0 Å². The van der Waals surface area contributed by atoms with Crippen molar-refractivity contribution < 1.29 is 4.98 Å². The Morgan fingerprint density at radius 1 is 1.56 bits per heavy atom. The molecule has 0 aromatic carbocycles. The summed E-state index contributed by atoms with van der Waals surface area (Å²) < 4.78 is 0. The highest BCUT2D eigenvalue weighted by Gasteiger charge is 2.09. The van der Waals surface area contributed by atoms with Crippen molar-refractivity contribution in [2.24, 2.45) is 0 Å². The number of nitrogens with one attached hydrogen (secondary N) is 2. The average Bonchev–Trinajstić information content (AvgIpc) is 2.14. The molecule has 2 N–H and O–H groups in total. The van der Waals surface area contributed by atoms with Gasteiger partial charge >= 0.3 is 0 Å². The van der Waals surface area contributed by atoms with Gasteiger partial charge in [0.2, 0.25) is 5.82 Å². The van der Waals surface area contributed by atoms with Crippen molar-refractivity contribution in [1.82, 2.24) is 10.2 Å². The molecule has 0 unspecified atom stereocenters. The Labute approximate surface area is 54.5 Å². The predicted molar refractivity (Wildman–Crippen MR) is 34.0 cm³/mol. The van der Waals surface area contributed by atoms with Crippen molar-refractivity contribution in [2.75, 3.05) is 0 Å². The summed E-state index contributed by atoms with van der Waals surface area (Å²) in [7, 11) is 0. The van der Waals surface area contributed by atoms with Crippen LogP contribution in [-0.2, 0) is 0 Å². The summed E-state index contributed by atoms with van der Waals surface area (Å²) in [4.78, 5) is 3.11. The molecule has 0 saturated heterocycles. The maximum atomic E-state index is 4.03. The molecule has 1 rings (SSSR count). The summed E-state index contributed by atoms with van der Waals surface area (Å²) in [6.07, 6.45) is 0. The third kappa shape index (κ3) is 1.28.